The number of rotatable bonds is 0. The summed E-state index contributed by atoms with van der Waals surface area (Å²) in [4.78, 5) is 10.7. The first kappa shape index (κ1) is 6.27. The first-order valence-electron chi connectivity index (χ1n) is 3.02. The molecule has 0 aliphatic heterocycles. The molecule has 9 heavy (non-hydrogen) atoms. The Morgan fingerprint density at radius 1 is 1.44 bits per heavy atom. The topological polar surface area (TPSA) is 17.1 Å². The number of ketones is 1. The van der Waals surface area contributed by atoms with E-state index in [9.17, 15) is 4.79 Å². The summed E-state index contributed by atoms with van der Waals surface area (Å²) in [5.41, 5.74) is 0.945. The van der Waals surface area contributed by atoms with Gasteiger partial charge >= 0.3 is 0 Å². The third kappa shape index (κ3) is 1.84. The highest BCUT2D eigenvalue weighted by atomic mass is 16.1. The Morgan fingerprint density at radius 2 is 2.22 bits per heavy atom. The second-order valence-corrected chi connectivity index (χ2v) is 2.12. The van der Waals surface area contributed by atoms with Gasteiger partial charge in [0.05, 0.1) is 0 Å². The molecule has 47 valence electrons. The number of allylic oxidation sites excluding steroid dienone is 4. The van der Waals surface area contributed by atoms with E-state index in [1.807, 2.05) is 6.08 Å². The molecule has 1 nitrogen and oxygen atoms in total. The molecule has 0 fully saturated rings. The van der Waals surface area contributed by atoms with Crippen molar-refractivity contribution >= 4 is 5.78 Å². The molecule has 0 aromatic heterocycles. The molecule has 0 saturated heterocycles. The van der Waals surface area contributed by atoms with Crippen LogP contribution in [0.2, 0.25) is 0 Å². The third-order valence-corrected chi connectivity index (χ3v) is 1.28. The molecule has 1 heteroatoms. The van der Waals surface area contributed by atoms with Crippen molar-refractivity contribution in [3.63, 3.8) is 0 Å². The highest BCUT2D eigenvalue weighted by Gasteiger charge is 1.97. The third-order valence-electron chi connectivity index (χ3n) is 1.28. The zero-order valence-corrected chi connectivity index (χ0v) is 5.26. The van der Waals surface area contributed by atoms with Crippen molar-refractivity contribution in [2.45, 2.75) is 12.8 Å². The van der Waals surface area contributed by atoms with Crippen LogP contribution in [0.4, 0.5) is 0 Å². The molecule has 1 aliphatic rings. The van der Waals surface area contributed by atoms with Crippen LogP contribution in [0.3, 0.4) is 0 Å². The van der Waals surface area contributed by atoms with Gasteiger partial charge in [0.15, 0.2) is 5.78 Å². The van der Waals surface area contributed by atoms with E-state index in [2.05, 4.69) is 6.92 Å². The van der Waals surface area contributed by atoms with Gasteiger partial charge in [0.1, 0.15) is 0 Å². The van der Waals surface area contributed by atoms with Crippen LogP contribution in [-0.2, 0) is 4.79 Å². The van der Waals surface area contributed by atoms with Crippen LogP contribution in [0.1, 0.15) is 12.8 Å². The quantitative estimate of drug-likeness (QED) is 0.476. The van der Waals surface area contributed by atoms with Crippen LogP contribution in [0.25, 0.3) is 0 Å². The Labute approximate surface area is 55.1 Å². The fourth-order valence-electron chi connectivity index (χ4n) is 0.751. The van der Waals surface area contributed by atoms with Crippen LogP contribution in [0.15, 0.2) is 23.8 Å². The number of hydrogen-bond acceptors (Lipinski definition) is 1. The maximum atomic E-state index is 10.7. The molecule has 0 N–H and O–H groups in total. The normalized spacial score (nSPS) is 19.2. The van der Waals surface area contributed by atoms with Crippen LogP contribution in [-0.4, -0.2) is 5.78 Å². The maximum Gasteiger partial charge on any atom is 0.156 e. The predicted octanol–water partition coefficient (Wildman–Crippen LogP) is 1.67. The highest BCUT2D eigenvalue weighted by molar-refractivity contribution is 5.90. The van der Waals surface area contributed by atoms with E-state index in [4.69, 9.17) is 0 Å². The molecule has 0 bridgehead atoms. The van der Waals surface area contributed by atoms with Crippen molar-refractivity contribution in [3.05, 3.63) is 30.7 Å². The second kappa shape index (κ2) is 2.62. The first-order chi connectivity index (χ1) is 4.29. The fourth-order valence-corrected chi connectivity index (χ4v) is 0.751. The zero-order chi connectivity index (χ0) is 6.69. The van der Waals surface area contributed by atoms with Gasteiger partial charge in [0.2, 0.25) is 0 Å². The smallest absolute Gasteiger partial charge is 0.156 e. The molecule has 0 aromatic carbocycles. The molecular formula is C8H9O. The van der Waals surface area contributed by atoms with Gasteiger partial charge in [-0.05, 0) is 19.4 Å². The molecule has 1 aliphatic carbocycles. The largest absolute Gasteiger partial charge is 0.295 e. The Morgan fingerprint density at radius 3 is 3.00 bits per heavy atom. The van der Waals surface area contributed by atoms with Crippen molar-refractivity contribution in [2.75, 3.05) is 0 Å². The average molecular weight is 121 g/mol. The SMILES string of the molecule is [CH2]C1=CCCC(=O)C=C1. The van der Waals surface area contributed by atoms with Crippen molar-refractivity contribution < 1.29 is 4.79 Å². The van der Waals surface area contributed by atoms with Gasteiger partial charge in [-0.2, -0.15) is 0 Å². The van der Waals surface area contributed by atoms with E-state index >= 15 is 0 Å². The van der Waals surface area contributed by atoms with Crippen molar-refractivity contribution in [2.24, 2.45) is 0 Å². The number of hydrogen-bond donors (Lipinski definition) is 0. The second-order valence-electron chi connectivity index (χ2n) is 2.12. The van der Waals surface area contributed by atoms with Crippen molar-refractivity contribution in [3.8, 4) is 0 Å². The standard InChI is InChI=1S/C8H9O/c1-7-3-2-4-8(9)6-5-7/h3,5-6H,1-2,4H2. The molecule has 0 unspecified atom stereocenters. The summed E-state index contributed by atoms with van der Waals surface area (Å²) in [6, 6.07) is 0. The van der Waals surface area contributed by atoms with E-state index in [0.29, 0.717) is 6.42 Å². The summed E-state index contributed by atoms with van der Waals surface area (Å²) in [6.45, 7) is 3.71. The van der Waals surface area contributed by atoms with E-state index in [1.165, 1.54) is 0 Å². The molecule has 0 saturated carbocycles. The highest BCUT2D eigenvalue weighted by Crippen LogP contribution is 2.05. The Hall–Kier alpha value is -0.850. The Bertz CT molecular complexity index is 175. The van der Waals surface area contributed by atoms with Gasteiger partial charge in [-0.15, -0.1) is 0 Å². The van der Waals surface area contributed by atoms with Gasteiger partial charge in [0.25, 0.3) is 0 Å². The van der Waals surface area contributed by atoms with Crippen LogP contribution in [0, 0.1) is 6.92 Å². The van der Waals surface area contributed by atoms with E-state index < -0.39 is 0 Å². The summed E-state index contributed by atoms with van der Waals surface area (Å²) in [6.07, 6.45) is 6.79. The zero-order valence-electron chi connectivity index (χ0n) is 5.26. The minimum atomic E-state index is 0.199. The van der Waals surface area contributed by atoms with Gasteiger partial charge in [-0.25, -0.2) is 0 Å². The fraction of sp³-hybridized carbons (Fsp3) is 0.250. The summed E-state index contributed by atoms with van der Waals surface area (Å²) in [5, 5.41) is 0. The molecule has 0 spiro atoms. The molecule has 1 rings (SSSR count). The molecule has 0 amide bonds. The average Bonchev–Trinajstić information content (AvgIpc) is 1.97. The van der Waals surface area contributed by atoms with Crippen LogP contribution < -0.4 is 0 Å². The maximum absolute atomic E-state index is 10.7. The summed E-state index contributed by atoms with van der Waals surface area (Å²) in [7, 11) is 0. The minimum Gasteiger partial charge on any atom is -0.295 e. The van der Waals surface area contributed by atoms with Gasteiger partial charge in [0, 0.05) is 6.42 Å². The molecule has 1 radical (unpaired) electrons. The lowest BCUT2D eigenvalue weighted by Crippen LogP contribution is -1.87. The lowest BCUT2D eigenvalue weighted by molar-refractivity contribution is -0.114. The van der Waals surface area contributed by atoms with Gasteiger partial charge in [-0.1, -0.05) is 17.7 Å². The van der Waals surface area contributed by atoms with Gasteiger partial charge in [-0.3, -0.25) is 4.79 Å². The summed E-state index contributed by atoms with van der Waals surface area (Å²) in [5.74, 6) is 0.199. The number of carbonyl (C=O) groups is 1. The Kier molecular flexibility index (Phi) is 1.83. The van der Waals surface area contributed by atoms with E-state index in [0.717, 1.165) is 12.0 Å². The predicted molar refractivity (Wildman–Crippen MR) is 36.8 cm³/mol. The van der Waals surface area contributed by atoms with E-state index in [-0.39, 0.29) is 5.78 Å². The van der Waals surface area contributed by atoms with Crippen LogP contribution >= 0.6 is 0 Å². The first-order valence-corrected chi connectivity index (χ1v) is 3.02. The molecule has 0 heterocycles. The minimum absolute atomic E-state index is 0.199. The van der Waals surface area contributed by atoms with E-state index in [1.54, 1.807) is 12.2 Å². The number of carbonyl (C=O) groups excluding carboxylic acids is 1. The van der Waals surface area contributed by atoms with Crippen molar-refractivity contribution in [1.82, 2.24) is 0 Å². The summed E-state index contributed by atoms with van der Waals surface area (Å²) >= 11 is 0. The monoisotopic (exact) mass is 121 g/mol. The lowest BCUT2D eigenvalue weighted by atomic mass is 10.2. The van der Waals surface area contributed by atoms with Gasteiger partial charge < -0.3 is 0 Å². The molecular weight excluding hydrogens is 112 g/mol. The Balaban J connectivity index is 2.69. The molecule has 0 aromatic rings. The van der Waals surface area contributed by atoms with Crippen LogP contribution in [0.5, 0.6) is 0 Å². The van der Waals surface area contributed by atoms with Crippen molar-refractivity contribution in [1.29, 1.82) is 0 Å². The lowest BCUT2D eigenvalue weighted by Gasteiger charge is -1.83. The summed E-state index contributed by atoms with van der Waals surface area (Å²) < 4.78 is 0. The molecule has 0 atom stereocenters.